The molecule has 1 aromatic carbocycles. The number of carbonyl (C=O) groups excluding carboxylic acids is 1. The lowest BCUT2D eigenvalue weighted by molar-refractivity contribution is -0.123. The molecule has 0 atom stereocenters. The Labute approximate surface area is 126 Å². The van der Waals surface area contributed by atoms with Crippen LogP contribution in [0.1, 0.15) is 24.8 Å². The van der Waals surface area contributed by atoms with Crippen molar-refractivity contribution in [3.8, 4) is 0 Å². The molecule has 112 valence electrons. The lowest BCUT2D eigenvalue weighted by atomic mass is 9.72. The Morgan fingerprint density at radius 2 is 2.00 bits per heavy atom. The zero-order chi connectivity index (χ0) is 13.6. The molecule has 2 N–H and O–H groups in total. The van der Waals surface area contributed by atoms with Crippen molar-refractivity contribution in [1.82, 2.24) is 10.6 Å². The maximum Gasteiger partial charge on any atom is 0.234 e. The number of amides is 1. The normalized spacial score (nSPS) is 15.8. The van der Waals surface area contributed by atoms with Crippen molar-refractivity contribution < 1.29 is 9.53 Å². The molecule has 0 bridgehead atoms. The molecule has 0 spiro atoms. The van der Waals surface area contributed by atoms with Crippen LogP contribution in [0.3, 0.4) is 0 Å². The van der Waals surface area contributed by atoms with Gasteiger partial charge in [-0.2, -0.15) is 0 Å². The second-order valence-electron chi connectivity index (χ2n) is 5.02. The highest BCUT2D eigenvalue weighted by molar-refractivity contribution is 5.85. The van der Waals surface area contributed by atoms with E-state index < -0.39 is 0 Å². The minimum absolute atomic E-state index is 0. The minimum atomic E-state index is -0.138. The van der Waals surface area contributed by atoms with Gasteiger partial charge in [0.15, 0.2) is 0 Å². The van der Waals surface area contributed by atoms with Crippen LogP contribution in [0.4, 0.5) is 0 Å². The molecule has 1 fully saturated rings. The fourth-order valence-electron chi connectivity index (χ4n) is 2.46. The van der Waals surface area contributed by atoms with Gasteiger partial charge < -0.3 is 15.4 Å². The number of benzene rings is 1. The van der Waals surface area contributed by atoms with Gasteiger partial charge >= 0.3 is 0 Å². The van der Waals surface area contributed by atoms with Gasteiger partial charge in [0.25, 0.3) is 0 Å². The van der Waals surface area contributed by atoms with E-state index in [4.69, 9.17) is 4.74 Å². The molecule has 1 aliphatic rings. The molecular weight excluding hydrogens is 276 g/mol. The largest absolute Gasteiger partial charge is 0.383 e. The number of methoxy groups -OCH3 is 1. The summed E-state index contributed by atoms with van der Waals surface area (Å²) in [6.07, 6.45) is 3.23. The van der Waals surface area contributed by atoms with Gasteiger partial charge in [-0.05, 0) is 24.8 Å². The van der Waals surface area contributed by atoms with E-state index in [1.54, 1.807) is 7.11 Å². The summed E-state index contributed by atoms with van der Waals surface area (Å²) in [5.74, 6) is 0.0552. The topological polar surface area (TPSA) is 50.4 Å². The third-order valence-electron chi connectivity index (χ3n) is 3.68. The molecule has 1 saturated carbocycles. The summed E-state index contributed by atoms with van der Waals surface area (Å²) >= 11 is 0. The van der Waals surface area contributed by atoms with Crippen molar-refractivity contribution in [1.29, 1.82) is 0 Å². The number of carbonyl (C=O) groups is 1. The van der Waals surface area contributed by atoms with Gasteiger partial charge in [0, 0.05) is 13.7 Å². The molecule has 0 unspecified atom stereocenters. The van der Waals surface area contributed by atoms with Crippen molar-refractivity contribution >= 4 is 18.3 Å². The first-order valence-corrected chi connectivity index (χ1v) is 6.83. The number of ether oxygens (including phenoxy) is 1. The number of hydrogen-bond acceptors (Lipinski definition) is 3. The van der Waals surface area contributed by atoms with Gasteiger partial charge in [0.05, 0.1) is 18.7 Å². The minimum Gasteiger partial charge on any atom is -0.383 e. The predicted molar refractivity (Wildman–Crippen MR) is 82.1 cm³/mol. The van der Waals surface area contributed by atoms with Gasteiger partial charge in [0.2, 0.25) is 5.91 Å². The Bertz CT molecular complexity index is 408. The highest BCUT2D eigenvalue weighted by Crippen LogP contribution is 2.40. The summed E-state index contributed by atoms with van der Waals surface area (Å²) < 4.78 is 4.93. The Morgan fingerprint density at radius 3 is 2.55 bits per heavy atom. The van der Waals surface area contributed by atoms with Crippen molar-refractivity contribution in [3.63, 3.8) is 0 Å². The fraction of sp³-hybridized carbons (Fsp3) is 0.533. The van der Waals surface area contributed by atoms with Gasteiger partial charge in [-0.15, -0.1) is 12.4 Å². The zero-order valence-corrected chi connectivity index (χ0v) is 12.7. The van der Waals surface area contributed by atoms with Gasteiger partial charge in [0.1, 0.15) is 0 Å². The van der Waals surface area contributed by atoms with E-state index in [2.05, 4.69) is 22.8 Å². The fourth-order valence-corrected chi connectivity index (χ4v) is 2.46. The summed E-state index contributed by atoms with van der Waals surface area (Å²) in [4.78, 5) is 12.0. The van der Waals surface area contributed by atoms with Gasteiger partial charge in [-0.3, -0.25) is 4.79 Å². The van der Waals surface area contributed by atoms with E-state index in [1.165, 1.54) is 12.0 Å². The SMILES string of the molecule is COCCNCC(=O)NC1(c2ccccc2)CCC1.Cl. The Morgan fingerprint density at radius 1 is 1.30 bits per heavy atom. The maximum atomic E-state index is 12.0. The molecule has 0 radical (unpaired) electrons. The zero-order valence-electron chi connectivity index (χ0n) is 11.9. The highest BCUT2D eigenvalue weighted by atomic mass is 35.5. The average molecular weight is 299 g/mol. The van der Waals surface area contributed by atoms with E-state index in [-0.39, 0.29) is 23.9 Å². The van der Waals surface area contributed by atoms with E-state index in [0.717, 1.165) is 12.8 Å². The molecule has 0 aliphatic heterocycles. The molecule has 0 heterocycles. The standard InChI is InChI=1S/C15H22N2O2.ClH/c1-19-11-10-16-12-14(18)17-15(8-5-9-15)13-6-3-2-4-7-13;/h2-4,6-7,16H,5,8-12H2,1H3,(H,17,18);1H. The maximum absolute atomic E-state index is 12.0. The molecule has 2 rings (SSSR count). The van der Waals surface area contributed by atoms with Crippen LogP contribution in [-0.4, -0.2) is 32.7 Å². The van der Waals surface area contributed by atoms with Crippen LogP contribution >= 0.6 is 12.4 Å². The average Bonchev–Trinajstić information content (AvgIpc) is 2.40. The van der Waals surface area contributed by atoms with Crippen LogP contribution < -0.4 is 10.6 Å². The molecule has 1 aliphatic carbocycles. The molecule has 20 heavy (non-hydrogen) atoms. The molecule has 5 heteroatoms. The predicted octanol–water partition coefficient (Wildman–Crippen LogP) is 1.84. The van der Waals surface area contributed by atoms with Crippen LogP contribution in [0, 0.1) is 0 Å². The summed E-state index contributed by atoms with van der Waals surface area (Å²) in [6, 6.07) is 10.2. The molecule has 4 nitrogen and oxygen atoms in total. The number of halogens is 1. The number of rotatable bonds is 7. The molecule has 0 aromatic heterocycles. The van der Waals surface area contributed by atoms with E-state index in [1.807, 2.05) is 18.2 Å². The third kappa shape index (κ3) is 4.20. The van der Waals surface area contributed by atoms with Crippen LogP contribution in [0.2, 0.25) is 0 Å². The summed E-state index contributed by atoms with van der Waals surface area (Å²) in [5.41, 5.74) is 1.08. The Hall–Kier alpha value is -1.10. The number of hydrogen-bond donors (Lipinski definition) is 2. The summed E-state index contributed by atoms with van der Waals surface area (Å²) in [5, 5.41) is 6.25. The van der Waals surface area contributed by atoms with Crippen molar-refractivity contribution in [2.75, 3.05) is 26.8 Å². The van der Waals surface area contributed by atoms with Crippen LogP contribution in [0.25, 0.3) is 0 Å². The highest BCUT2D eigenvalue weighted by Gasteiger charge is 2.39. The third-order valence-corrected chi connectivity index (χ3v) is 3.68. The van der Waals surface area contributed by atoms with E-state index in [0.29, 0.717) is 19.7 Å². The van der Waals surface area contributed by atoms with E-state index >= 15 is 0 Å². The first-order valence-electron chi connectivity index (χ1n) is 6.83. The lowest BCUT2D eigenvalue weighted by Gasteiger charge is -2.43. The molecule has 1 aromatic rings. The molecule has 1 amide bonds. The lowest BCUT2D eigenvalue weighted by Crippen LogP contribution is -2.53. The van der Waals surface area contributed by atoms with Crippen LogP contribution in [0.15, 0.2) is 30.3 Å². The number of nitrogens with one attached hydrogen (secondary N) is 2. The molecule has 0 saturated heterocycles. The summed E-state index contributed by atoms with van der Waals surface area (Å²) in [7, 11) is 1.65. The molecular formula is C15H23ClN2O2. The first kappa shape index (κ1) is 17.0. The Kier molecular flexibility index (Phi) is 6.99. The van der Waals surface area contributed by atoms with Crippen molar-refractivity contribution in [3.05, 3.63) is 35.9 Å². The van der Waals surface area contributed by atoms with Crippen LogP contribution in [0.5, 0.6) is 0 Å². The van der Waals surface area contributed by atoms with Gasteiger partial charge in [-0.25, -0.2) is 0 Å². The first-order chi connectivity index (χ1) is 9.27. The monoisotopic (exact) mass is 298 g/mol. The van der Waals surface area contributed by atoms with Crippen molar-refractivity contribution in [2.24, 2.45) is 0 Å². The summed E-state index contributed by atoms with van der Waals surface area (Å²) in [6.45, 7) is 1.66. The van der Waals surface area contributed by atoms with E-state index in [9.17, 15) is 4.79 Å². The second kappa shape index (κ2) is 8.25. The Balaban J connectivity index is 0.00000200. The van der Waals surface area contributed by atoms with Gasteiger partial charge in [-0.1, -0.05) is 30.3 Å². The quantitative estimate of drug-likeness (QED) is 0.755. The second-order valence-corrected chi connectivity index (χ2v) is 5.02. The van der Waals surface area contributed by atoms with Crippen molar-refractivity contribution in [2.45, 2.75) is 24.8 Å². The smallest absolute Gasteiger partial charge is 0.234 e. The van der Waals surface area contributed by atoms with Crippen LogP contribution in [-0.2, 0) is 15.1 Å².